The molecule has 0 radical (unpaired) electrons. The van der Waals surface area contributed by atoms with Crippen LogP contribution in [0.4, 0.5) is 0 Å². The standard InChI is InChI=1S/C18H22N6O/c1-13(2)23-8-4-14(5-9-23)18-21-17(22-25-18)15-3-6-20-16(11-15)24-10-7-19-12-24/h3,6-7,10-14H,4-5,8-9H2,1-2H3. The van der Waals surface area contributed by atoms with E-state index in [-0.39, 0.29) is 0 Å². The molecule has 130 valence electrons. The summed E-state index contributed by atoms with van der Waals surface area (Å²) in [6, 6.07) is 4.44. The number of aromatic nitrogens is 5. The van der Waals surface area contributed by atoms with Crippen LogP contribution in [0.3, 0.4) is 0 Å². The van der Waals surface area contributed by atoms with Gasteiger partial charge in [-0.05, 0) is 51.9 Å². The van der Waals surface area contributed by atoms with Gasteiger partial charge < -0.3 is 9.42 Å². The van der Waals surface area contributed by atoms with Crippen molar-refractivity contribution in [2.75, 3.05) is 13.1 Å². The van der Waals surface area contributed by atoms with Crippen LogP contribution >= 0.6 is 0 Å². The van der Waals surface area contributed by atoms with E-state index < -0.39 is 0 Å². The summed E-state index contributed by atoms with van der Waals surface area (Å²) in [6.07, 6.45) is 9.19. The summed E-state index contributed by atoms with van der Waals surface area (Å²) in [5, 5.41) is 4.19. The fourth-order valence-corrected chi connectivity index (χ4v) is 3.27. The van der Waals surface area contributed by atoms with Crippen molar-refractivity contribution in [2.24, 2.45) is 0 Å². The first-order valence-corrected chi connectivity index (χ1v) is 8.73. The molecule has 0 saturated carbocycles. The van der Waals surface area contributed by atoms with E-state index in [4.69, 9.17) is 4.52 Å². The van der Waals surface area contributed by atoms with Crippen molar-refractivity contribution in [1.29, 1.82) is 0 Å². The molecule has 3 aromatic rings. The maximum Gasteiger partial charge on any atom is 0.230 e. The van der Waals surface area contributed by atoms with Gasteiger partial charge >= 0.3 is 0 Å². The summed E-state index contributed by atoms with van der Waals surface area (Å²) in [6.45, 7) is 6.65. The highest BCUT2D eigenvalue weighted by molar-refractivity contribution is 5.56. The smallest absolute Gasteiger partial charge is 0.230 e. The van der Waals surface area contributed by atoms with E-state index in [1.54, 1.807) is 18.7 Å². The van der Waals surface area contributed by atoms with E-state index in [1.807, 2.05) is 22.9 Å². The van der Waals surface area contributed by atoms with Crippen LogP contribution in [0.15, 0.2) is 41.6 Å². The zero-order chi connectivity index (χ0) is 17.2. The van der Waals surface area contributed by atoms with Crippen molar-refractivity contribution in [1.82, 2.24) is 29.6 Å². The molecule has 0 spiro atoms. The van der Waals surface area contributed by atoms with E-state index in [2.05, 4.69) is 38.9 Å². The number of nitrogens with zero attached hydrogens (tertiary/aromatic N) is 6. The topological polar surface area (TPSA) is 72.9 Å². The van der Waals surface area contributed by atoms with Gasteiger partial charge in [0.05, 0.1) is 0 Å². The number of likely N-dealkylation sites (tertiary alicyclic amines) is 1. The van der Waals surface area contributed by atoms with E-state index in [1.165, 1.54) is 0 Å². The van der Waals surface area contributed by atoms with Crippen molar-refractivity contribution in [3.8, 4) is 17.2 Å². The Morgan fingerprint density at radius 1 is 1.20 bits per heavy atom. The first-order valence-electron chi connectivity index (χ1n) is 8.73. The van der Waals surface area contributed by atoms with Gasteiger partial charge in [-0.2, -0.15) is 4.98 Å². The average Bonchev–Trinajstić information content (AvgIpc) is 3.34. The van der Waals surface area contributed by atoms with Crippen molar-refractivity contribution >= 4 is 0 Å². The zero-order valence-electron chi connectivity index (χ0n) is 14.5. The minimum Gasteiger partial charge on any atom is -0.339 e. The molecule has 4 heterocycles. The van der Waals surface area contributed by atoms with Crippen molar-refractivity contribution in [2.45, 2.75) is 38.6 Å². The van der Waals surface area contributed by atoms with Crippen LogP contribution < -0.4 is 0 Å². The van der Waals surface area contributed by atoms with Crippen LogP contribution in [-0.2, 0) is 0 Å². The summed E-state index contributed by atoms with van der Waals surface area (Å²) in [5.41, 5.74) is 0.897. The van der Waals surface area contributed by atoms with E-state index in [0.29, 0.717) is 17.8 Å². The Balaban J connectivity index is 1.51. The molecule has 0 N–H and O–H groups in total. The molecule has 7 nitrogen and oxygen atoms in total. The molecular formula is C18H22N6O. The summed E-state index contributed by atoms with van der Waals surface area (Å²) in [5.74, 6) is 2.50. The Bertz CT molecular complexity index is 818. The third kappa shape index (κ3) is 3.32. The molecule has 7 heteroatoms. The summed E-state index contributed by atoms with van der Waals surface area (Å²) in [7, 11) is 0. The molecule has 1 saturated heterocycles. The highest BCUT2D eigenvalue weighted by Gasteiger charge is 2.26. The lowest BCUT2D eigenvalue weighted by Gasteiger charge is -2.33. The average molecular weight is 338 g/mol. The quantitative estimate of drug-likeness (QED) is 0.728. The first kappa shape index (κ1) is 16.0. The Morgan fingerprint density at radius 2 is 2.04 bits per heavy atom. The molecule has 0 aromatic carbocycles. The molecule has 0 aliphatic carbocycles. The molecule has 1 fully saturated rings. The largest absolute Gasteiger partial charge is 0.339 e. The fourth-order valence-electron chi connectivity index (χ4n) is 3.27. The maximum absolute atomic E-state index is 5.57. The molecule has 1 aliphatic heterocycles. The van der Waals surface area contributed by atoms with Crippen LogP contribution in [0.5, 0.6) is 0 Å². The van der Waals surface area contributed by atoms with Crippen molar-refractivity contribution in [3.05, 3.63) is 42.9 Å². The molecule has 0 unspecified atom stereocenters. The number of piperidine rings is 1. The predicted molar refractivity (Wildman–Crippen MR) is 93.3 cm³/mol. The van der Waals surface area contributed by atoms with Gasteiger partial charge in [0.15, 0.2) is 0 Å². The van der Waals surface area contributed by atoms with E-state index in [0.717, 1.165) is 43.2 Å². The van der Waals surface area contributed by atoms with Gasteiger partial charge in [0.25, 0.3) is 0 Å². The molecular weight excluding hydrogens is 316 g/mol. The van der Waals surface area contributed by atoms with Gasteiger partial charge in [-0.3, -0.25) is 4.57 Å². The number of hydrogen-bond acceptors (Lipinski definition) is 6. The SMILES string of the molecule is CC(C)N1CCC(c2nc(-c3ccnc(-n4ccnc4)c3)no2)CC1. The van der Waals surface area contributed by atoms with Gasteiger partial charge in [0.1, 0.15) is 12.1 Å². The molecule has 0 atom stereocenters. The van der Waals surface area contributed by atoms with Gasteiger partial charge in [-0.1, -0.05) is 5.16 Å². The van der Waals surface area contributed by atoms with Crippen molar-refractivity contribution in [3.63, 3.8) is 0 Å². The highest BCUT2D eigenvalue weighted by atomic mass is 16.5. The molecule has 1 aliphatic rings. The number of hydrogen-bond donors (Lipinski definition) is 0. The molecule has 25 heavy (non-hydrogen) atoms. The van der Waals surface area contributed by atoms with Crippen LogP contribution in [0.25, 0.3) is 17.2 Å². The lowest BCUT2D eigenvalue weighted by atomic mass is 9.96. The Hall–Kier alpha value is -2.54. The lowest BCUT2D eigenvalue weighted by Crippen LogP contribution is -2.37. The van der Waals surface area contributed by atoms with Gasteiger partial charge in [0, 0.05) is 36.1 Å². The minimum absolute atomic E-state index is 0.353. The van der Waals surface area contributed by atoms with Crippen LogP contribution in [-0.4, -0.2) is 48.7 Å². The van der Waals surface area contributed by atoms with Gasteiger partial charge in [-0.25, -0.2) is 9.97 Å². The van der Waals surface area contributed by atoms with Crippen LogP contribution in [0.2, 0.25) is 0 Å². The maximum atomic E-state index is 5.57. The Morgan fingerprint density at radius 3 is 2.76 bits per heavy atom. The predicted octanol–water partition coefficient (Wildman–Crippen LogP) is 2.91. The third-order valence-corrected chi connectivity index (χ3v) is 4.82. The summed E-state index contributed by atoms with van der Waals surface area (Å²) in [4.78, 5) is 15.6. The Kier molecular flexibility index (Phi) is 4.31. The van der Waals surface area contributed by atoms with Crippen LogP contribution in [0, 0.1) is 0 Å². The Labute approximate surface area is 146 Å². The molecule has 0 bridgehead atoms. The number of pyridine rings is 1. The van der Waals surface area contributed by atoms with Gasteiger partial charge in [0.2, 0.25) is 11.7 Å². The summed E-state index contributed by atoms with van der Waals surface area (Å²) >= 11 is 0. The third-order valence-electron chi connectivity index (χ3n) is 4.82. The van der Waals surface area contributed by atoms with Crippen molar-refractivity contribution < 1.29 is 4.52 Å². The molecule has 0 amide bonds. The lowest BCUT2D eigenvalue weighted by molar-refractivity contribution is 0.160. The highest BCUT2D eigenvalue weighted by Crippen LogP contribution is 2.29. The normalized spacial score (nSPS) is 16.6. The summed E-state index contributed by atoms with van der Waals surface area (Å²) < 4.78 is 7.42. The van der Waals surface area contributed by atoms with Gasteiger partial charge in [-0.15, -0.1) is 0 Å². The fraction of sp³-hybridized carbons (Fsp3) is 0.444. The van der Waals surface area contributed by atoms with Crippen LogP contribution in [0.1, 0.15) is 38.5 Å². The van der Waals surface area contributed by atoms with E-state index >= 15 is 0 Å². The first-order chi connectivity index (χ1) is 12.2. The number of rotatable bonds is 4. The minimum atomic E-state index is 0.353. The van der Waals surface area contributed by atoms with E-state index in [9.17, 15) is 0 Å². The molecule has 3 aromatic heterocycles. The number of imidazole rings is 1. The second-order valence-electron chi connectivity index (χ2n) is 6.73. The molecule has 4 rings (SSSR count). The second-order valence-corrected chi connectivity index (χ2v) is 6.73. The zero-order valence-corrected chi connectivity index (χ0v) is 14.5. The second kappa shape index (κ2) is 6.76. The monoisotopic (exact) mass is 338 g/mol.